The van der Waals surface area contributed by atoms with Gasteiger partial charge in [0.15, 0.2) is 11.5 Å². The van der Waals surface area contributed by atoms with Gasteiger partial charge < -0.3 is 19.5 Å². The Morgan fingerprint density at radius 1 is 0.833 bits per heavy atom. The minimum absolute atomic E-state index is 0.160. The van der Waals surface area contributed by atoms with Crippen LogP contribution >= 0.6 is 0 Å². The predicted octanol–water partition coefficient (Wildman–Crippen LogP) is 4.57. The van der Waals surface area contributed by atoms with Gasteiger partial charge in [0.05, 0.1) is 21.3 Å². The molecule has 5 nitrogen and oxygen atoms in total. The quantitative estimate of drug-likeness (QED) is 0.442. The molecule has 0 aliphatic heterocycles. The Kier molecular flexibility index (Phi) is 7.11. The SMILES string of the molecule is COc1ccc(/C=C(/C(=O)NCc2ccc(OC)c(OC)c2)c2ccccc2)cc1. The van der Waals surface area contributed by atoms with Crippen LogP contribution in [0, 0.1) is 0 Å². The van der Waals surface area contributed by atoms with E-state index in [2.05, 4.69) is 5.32 Å². The highest BCUT2D eigenvalue weighted by atomic mass is 16.5. The zero-order valence-electron chi connectivity index (χ0n) is 17.3. The van der Waals surface area contributed by atoms with Crippen LogP contribution in [0.15, 0.2) is 72.8 Å². The summed E-state index contributed by atoms with van der Waals surface area (Å²) in [5.41, 5.74) is 3.26. The van der Waals surface area contributed by atoms with Crippen LogP contribution in [0.25, 0.3) is 11.6 Å². The first-order valence-corrected chi connectivity index (χ1v) is 9.55. The van der Waals surface area contributed by atoms with Crippen molar-refractivity contribution in [1.29, 1.82) is 0 Å². The fourth-order valence-electron chi connectivity index (χ4n) is 3.03. The molecule has 0 fully saturated rings. The molecule has 0 spiro atoms. The Bertz CT molecular complexity index is 1010. The summed E-state index contributed by atoms with van der Waals surface area (Å²) in [5.74, 6) is 1.89. The predicted molar refractivity (Wildman–Crippen MR) is 119 cm³/mol. The molecule has 0 heterocycles. The zero-order valence-corrected chi connectivity index (χ0v) is 17.3. The molecule has 1 amide bonds. The lowest BCUT2D eigenvalue weighted by atomic mass is 10.0. The number of amides is 1. The van der Waals surface area contributed by atoms with Crippen LogP contribution in [0.4, 0.5) is 0 Å². The Hall–Kier alpha value is -3.73. The van der Waals surface area contributed by atoms with E-state index < -0.39 is 0 Å². The molecular weight excluding hydrogens is 378 g/mol. The monoisotopic (exact) mass is 403 g/mol. The molecule has 3 aromatic carbocycles. The molecule has 0 aliphatic carbocycles. The number of benzene rings is 3. The molecular formula is C25H25NO4. The number of methoxy groups -OCH3 is 3. The average molecular weight is 403 g/mol. The second kappa shape index (κ2) is 10.2. The number of carbonyl (C=O) groups excluding carboxylic acids is 1. The molecule has 0 aliphatic rings. The van der Waals surface area contributed by atoms with E-state index in [9.17, 15) is 4.79 Å². The van der Waals surface area contributed by atoms with Crippen LogP contribution in [0.3, 0.4) is 0 Å². The van der Waals surface area contributed by atoms with Crippen molar-refractivity contribution in [3.63, 3.8) is 0 Å². The van der Waals surface area contributed by atoms with Crippen LogP contribution < -0.4 is 19.5 Å². The lowest BCUT2D eigenvalue weighted by Crippen LogP contribution is -2.23. The number of nitrogens with one attached hydrogen (secondary N) is 1. The van der Waals surface area contributed by atoms with Crippen LogP contribution in [0.5, 0.6) is 17.2 Å². The molecule has 5 heteroatoms. The normalized spacial score (nSPS) is 11.0. The van der Waals surface area contributed by atoms with Gasteiger partial charge in [-0.25, -0.2) is 0 Å². The Balaban J connectivity index is 1.83. The highest BCUT2D eigenvalue weighted by molar-refractivity contribution is 6.24. The summed E-state index contributed by atoms with van der Waals surface area (Å²) in [6.07, 6.45) is 1.87. The minimum atomic E-state index is -0.160. The van der Waals surface area contributed by atoms with Crippen molar-refractivity contribution < 1.29 is 19.0 Å². The van der Waals surface area contributed by atoms with Crippen molar-refractivity contribution in [2.75, 3.05) is 21.3 Å². The van der Waals surface area contributed by atoms with Gasteiger partial charge in [0.1, 0.15) is 5.75 Å². The third-order valence-electron chi connectivity index (χ3n) is 4.66. The maximum Gasteiger partial charge on any atom is 0.252 e. The number of carbonyl (C=O) groups is 1. The van der Waals surface area contributed by atoms with Gasteiger partial charge in [-0.1, -0.05) is 48.5 Å². The van der Waals surface area contributed by atoms with Gasteiger partial charge in [-0.15, -0.1) is 0 Å². The molecule has 0 atom stereocenters. The minimum Gasteiger partial charge on any atom is -0.497 e. The van der Waals surface area contributed by atoms with Crippen LogP contribution in [0.2, 0.25) is 0 Å². The summed E-state index contributed by atoms with van der Waals surface area (Å²) in [6.45, 7) is 0.367. The fraction of sp³-hybridized carbons (Fsp3) is 0.160. The van der Waals surface area contributed by atoms with Crippen LogP contribution in [0.1, 0.15) is 16.7 Å². The lowest BCUT2D eigenvalue weighted by Gasteiger charge is -2.12. The van der Waals surface area contributed by atoms with Gasteiger partial charge >= 0.3 is 0 Å². The van der Waals surface area contributed by atoms with E-state index in [0.29, 0.717) is 23.6 Å². The van der Waals surface area contributed by atoms with E-state index in [-0.39, 0.29) is 5.91 Å². The van der Waals surface area contributed by atoms with E-state index in [4.69, 9.17) is 14.2 Å². The molecule has 154 valence electrons. The van der Waals surface area contributed by atoms with Crippen molar-refractivity contribution in [1.82, 2.24) is 5.32 Å². The molecule has 0 saturated carbocycles. The first-order chi connectivity index (χ1) is 14.6. The van der Waals surface area contributed by atoms with Crippen molar-refractivity contribution in [2.24, 2.45) is 0 Å². The van der Waals surface area contributed by atoms with Crippen molar-refractivity contribution in [3.05, 3.63) is 89.5 Å². The second-order valence-electron chi connectivity index (χ2n) is 6.57. The molecule has 0 bridgehead atoms. The van der Waals surface area contributed by atoms with E-state index in [1.54, 1.807) is 21.3 Å². The molecule has 3 aromatic rings. The number of hydrogen-bond donors (Lipinski definition) is 1. The molecule has 0 radical (unpaired) electrons. The lowest BCUT2D eigenvalue weighted by molar-refractivity contribution is -0.115. The Morgan fingerprint density at radius 3 is 2.17 bits per heavy atom. The van der Waals surface area contributed by atoms with Gasteiger partial charge in [0.25, 0.3) is 5.91 Å². The molecule has 0 aromatic heterocycles. The third-order valence-corrected chi connectivity index (χ3v) is 4.66. The highest BCUT2D eigenvalue weighted by Crippen LogP contribution is 2.27. The summed E-state index contributed by atoms with van der Waals surface area (Å²) >= 11 is 0. The van der Waals surface area contributed by atoms with Gasteiger partial charge in [-0.2, -0.15) is 0 Å². The molecule has 0 unspecified atom stereocenters. The average Bonchev–Trinajstić information content (AvgIpc) is 2.81. The first-order valence-electron chi connectivity index (χ1n) is 9.55. The number of ether oxygens (including phenoxy) is 3. The van der Waals surface area contributed by atoms with Crippen molar-refractivity contribution >= 4 is 17.6 Å². The summed E-state index contributed by atoms with van der Waals surface area (Å²) in [4.78, 5) is 13.1. The van der Waals surface area contributed by atoms with E-state index in [1.165, 1.54) is 0 Å². The van der Waals surface area contributed by atoms with Crippen LogP contribution in [-0.4, -0.2) is 27.2 Å². The second-order valence-corrected chi connectivity index (χ2v) is 6.57. The summed E-state index contributed by atoms with van der Waals surface area (Å²) < 4.78 is 15.8. The standard InChI is InChI=1S/C25H25NO4/c1-28-21-12-9-18(10-13-21)15-22(20-7-5-4-6-8-20)25(27)26-17-19-11-14-23(29-2)24(16-19)30-3/h4-16H,17H2,1-3H3,(H,26,27)/b22-15+. The number of hydrogen-bond acceptors (Lipinski definition) is 4. The molecule has 3 rings (SSSR count). The number of rotatable bonds is 8. The fourth-order valence-corrected chi connectivity index (χ4v) is 3.03. The smallest absolute Gasteiger partial charge is 0.252 e. The van der Waals surface area contributed by atoms with E-state index in [0.717, 1.165) is 22.4 Å². The largest absolute Gasteiger partial charge is 0.497 e. The van der Waals surface area contributed by atoms with Gasteiger partial charge in [0.2, 0.25) is 0 Å². The molecule has 1 N–H and O–H groups in total. The molecule has 0 saturated heterocycles. The maximum absolute atomic E-state index is 13.1. The van der Waals surface area contributed by atoms with Gasteiger partial charge in [-0.3, -0.25) is 4.79 Å². The Labute approximate surface area is 176 Å². The molecule has 30 heavy (non-hydrogen) atoms. The van der Waals surface area contributed by atoms with E-state index in [1.807, 2.05) is 78.9 Å². The maximum atomic E-state index is 13.1. The third kappa shape index (κ3) is 5.20. The topological polar surface area (TPSA) is 56.8 Å². The Morgan fingerprint density at radius 2 is 1.53 bits per heavy atom. The summed E-state index contributed by atoms with van der Waals surface area (Å²) in [6, 6.07) is 22.8. The summed E-state index contributed by atoms with van der Waals surface area (Å²) in [5, 5.41) is 3.00. The zero-order chi connectivity index (χ0) is 21.3. The van der Waals surface area contributed by atoms with Gasteiger partial charge in [-0.05, 0) is 47.0 Å². The van der Waals surface area contributed by atoms with Crippen molar-refractivity contribution in [2.45, 2.75) is 6.54 Å². The summed E-state index contributed by atoms with van der Waals surface area (Å²) in [7, 11) is 4.81. The van der Waals surface area contributed by atoms with E-state index >= 15 is 0 Å². The highest BCUT2D eigenvalue weighted by Gasteiger charge is 2.13. The van der Waals surface area contributed by atoms with Crippen molar-refractivity contribution in [3.8, 4) is 17.2 Å². The van der Waals surface area contributed by atoms with Crippen LogP contribution in [-0.2, 0) is 11.3 Å². The van der Waals surface area contributed by atoms with Gasteiger partial charge in [0, 0.05) is 12.1 Å². The first kappa shape index (κ1) is 21.0.